The SMILES string of the molecule is CCCC(N)C(=O)N(C)Cc1cn(-c2ccccc2)nc1-c1cccs1. The molecule has 0 fully saturated rings. The number of likely N-dealkylation sites (N-methyl/N-ethyl adjacent to an activating group) is 1. The van der Waals surface area contributed by atoms with E-state index in [0.29, 0.717) is 13.0 Å². The second kappa shape index (κ2) is 8.29. The first-order valence-electron chi connectivity index (χ1n) is 8.78. The van der Waals surface area contributed by atoms with Crippen LogP contribution in [0.1, 0.15) is 25.3 Å². The Balaban J connectivity index is 1.90. The maximum absolute atomic E-state index is 12.5. The van der Waals surface area contributed by atoms with E-state index in [1.165, 1.54) is 0 Å². The van der Waals surface area contributed by atoms with Crippen molar-refractivity contribution in [3.05, 3.63) is 59.6 Å². The predicted molar refractivity (Wildman–Crippen MR) is 106 cm³/mol. The number of hydrogen-bond donors (Lipinski definition) is 1. The number of nitrogens with zero attached hydrogens (tertiary/aromatic N) is 3. The molecular weight excluding hydrogens is 344 g/mol. The maximum Gasteiger partial charge on any atom is 0.239 e. The number of amides is 1. The zero-order valence-electron chi connectivity index (χ0n) is 15.1. The highest BCUT2D eigenvalue weighted by Gasteiger charge is 2.20. The minimum absolute atomic E-state index is 0.0311. The molecule has 2 N–H and O–H groups in total. The lowest BCUT2D eigenvalue weighted by atomic mass is 10.1. The van der Waals surface area contributed by atoms with Crippen LogP contribution >= 0.6 is 11.3 Å². The standard InChI is InChI=1S/C20H24N4OS/c1-3-8-17(21)20(25)23(2)13-15-14-24(16-9-5-4-6-10-16)22-19(15)18-11-7-12-26-18/h4-7,9-12,14,17H,3,8,13,21H2,1-2H3. The molecule has 5 nitrogen and oxygen atoms in total. The Morgan fingerprint density at radius 1 is 1.27 bits per heavy atom. The summed E-state index contributed by atoms with van der Waals surface area (Å²) in [6.45, 7) is 2.52. The normalized spacial score (nSPS) is 12.1. The molecule has 2 heterocycles. The van der Waals surface area contributed by atoms with Crippen molar-refractivity contribution in [2.45, 2.75) is 32.4 Å². The third-order valence-electron chi connectivity index (χ3n) is 4.27. The number of thiophene rings is 1. The molecule has 0 aliphatic heterocycles. The van der Waals surface area contributed by atoms with E-state index < -0.39 is 6.04 Å². The minimum atomic E-state index is -0.445. The van der Waals surface area contributed by atoms with Crippen LogP contribution in [-0.4, -0.2) is 33.7 Å². The summed E-state index contributed by atoms with van der Waals surface area (Å²) in [6.07, 6.45) is 3.59. The summed E-state index contributed by atoms with van der Waals surface area (Å²) in [5, 5.41) is 6.81. The van der Waals surface area contributed by atoms with Crippen LogP contribution in [-0.2, 0) is 11.3 Å². The average molecular weight is 369 g/mol. The molecule has 136 valence electrons. The quantitative estimate of drug-likeness (QED) is 0.692. The highest BCUT2D eigenvalue weighted by Crippen LogP contribution is 2.28. The molecule has 0 aliphatic carbocycles. The van der Waals surface area contributed by atoms with E-state index >= 15 is 0 Å². The third kappa shape index (κ3) is 4.03. The smallest absolute Gasteiger partial charge is 0.239 e. The van der Waals surface area contributed by atoms with Crippen LogP contribution in [0.3, 0.4) is 0 Å². The molecule has 0 radical (unpaired) electrons. The van der Waals surface area contributed by atoms with Crippen LogP contribution < -0.4 is 5.73 Å². The van der Waals surface area contributed by atoms with Gasteiger partial charge in [-0.1, -0.05) is 37.6 Å². The van der Waals surface area contributed by atoms with Crippen molar-refractivity contribution in [1.29, 1.82) is 0 Å². The Kier molecular flexibility index (Phi) is 5.85. The van der Waals surface area contributed by atoms with E-state index in [0.717, 1.165) is 28.2 Å². The lowest BCUT2D eigenvalue weighted by Gasteiger charge is -2.20. The summed E-state index contributed by atoms with van der Waals surface area (Å²) >= 11 is 1.64. The number of nitrogens with two attached hydrogens (primary N) is 1. The fourth-order valence-corrected chi connectivity index (χ4v) is 3.65. The molecular formula is C20H24N4OS. The monoisotopic (exact) mass is 368 g/mol. The van der Waals surface area contributed by atoms with Crippen LogP contribution in [0.5, 0.6) is 0 Å². The Bertz CT molecular complexity index is 842. The molecule has 2 aromatic heterocycles. The van der Waals surface area contributed by atoms with Gasteiger partial charge in [-0.3, -0.25) is 4.79 Å². The van der Waals surface area contributed by atoms with E-state index in [2.05, 4.69) is 6.07 Å². The van der Waals surface area contributed by atoms with Crippen LogP contribution in [0.4, 0.5) is 0 Å². The first-order chi connectivity index (χ1) is 12.6. The molecule has 0 bridgehead atoms. The van der Waals surface area contributed by atoms with Crippen LogP contribution in [0, 0.1) is 0 Å². The van der Waals surface area contributed by atoms with Crippen molar-refractivity contribution in [2.75, 3.05) is 7.05 Å². The number of carbonyl (C=O) groups is 1. The van der Waals surface area contributed by atoms with Crippen LogP contribution in [0.25, 0.3) is 16.3 Å². The van der Waals surface area contributed by atoms with Crippen molar-refractivity contribution in [3.8, 4) is 16.3 Å². The first-order valence-corrected chi connectivity index (χ1v) is 9.66. The van der Waals surface area contributed by atoms with Crippen molar-refractivity contribution in [3.63, 3.8) is 0 Å². The lowest BCUT2D eigenvalue weighted by Crippen LogP contribution is -2.41. The van der Waals surface area contributed by atoms with Gasteiger partial charge in [0.05, 0.1) is 16.6 Å². The number of aromatic nitrogens is 2. The summed E-state index contributed by atoms with van der Waals surface area (Å²) in [5.74, 6) is -0.0311. The van der Waals surface area contributed by atoms with Gasteiger partial charge in [0, 0.05) is 25.4 Å². The Morgan fingerprint density at radius 3 is 2.69 bits per heavy atom. The Labute approximate surface area is 158 Å². The largest absolute Gasteiger partial charge is 0.340 e. The Hall–Kier alpha value is -2.44. The van der Waals surface area contributed by atoms with Crippen LogP contribution in [0.2, 0.25) is 0 Å². The molecule has 3 rings (SSSR count). The number of carbonyl (C=O) groups excluding carboxylic acids is 1. The van der Waals surface area contributed by atoms with Crippen molar-refractivity contribution in [2.24, 2.45) is 5.73 Å². The molecule has 0 aliphatic rings. The summed E-state index contributed by atoms with van der Waals surface area (Å²) in [5.41, 5.74) is 8.91. The molecule has 1 unspecified atom stereocenters. The molecule has 0 saturated heterocycles. The molecule has 0 saturated carbocycles. The topological polar surface area (TPSA) is 64.2 Å². The zero-order chi connectivity index (χ0) is 18.5. The van der Waals surface area contributed by atoms with Gasteiger partial charge in [-0.05, 0) is 30.0 Å². The van der Waals surface area contributed by atoms with E-state index in [-0.39, 0.29) is 5.91 Å². The van der Waals surface area contributed by atoms with E-state index in [1.54, 1.807) is 23.3 Å². The fraction of sp³-hybridized carbons (Fsp3) is 0.300. The summed E-state index contributed by atoms with van der Waals surface area (Å²) < 4.78 is 1.87. The summed E-state index contributed by atoms with van der Waals surface area (Å²) in [7, 11) is 1.80. The van der Waals surface area contributed by atoms with Gasteiger partial charge in [0.25, 0.3) is 0 Å². The zero-order valence-corrected chi connectivity index (χ0v) is 15.9. The van der Waals surface area contributed by atoms with Gasteiger partial charge in [0.2, 0.25) is 5.91 Å². The molecule has 0 spiro atoms. The van der Waals surface area contributed by atoms with Crippen molar-refractivity contribution >= 4 is 17.2 Å². The van der Waals surface area contributed by atoms with E-state index in [1.807, 2.05) is 59.6 Å². The van der Waals surface area contributed by atoms with Gasteiger partial charge in [0.15, 0.2) is 0 Å². The fourth-order valence-electron chi connectivity index (χ4n) is 2.91. The maximum atomic E-state index is 12.5. The number of hydrogen-bond acceptors (Lipinski definition) is 4. The van der Waals surface area contributed by atoms with Crippen LogP contribution in [0.15, 0.2) is 54.0 Å². The van der Waals surface area contributed by atoms with Gasteiger partial charge in [0.1, 0.15) is 5.69 Å². The minimum Gasteiger partial charge on any atom is -0.340 e. The predicted octanol–water partition coefficient (Wildman–Crippen LogP) is 3.69. The summed E-state index contributed by atoms with van der Waals surface area (Å²) in [6, 6.07) is 13.6. The molecule has 1 aromatic carbocycles. The average Bonchev–Trinajstić information content (AvgIpc) is 3.31. The number of para-hydroxylation sites is 1. The number of benzene rings is 1. The molecule has 1 atom stereocenters. The molecule has 26 heavy (non-hydrogen) atoms. The number of rotatable bonds is 7. The van der Waals surface area contributed by atoms with Gasteiger partial charge < -0.3 is 10.6 Å². The molecule has 6 heteroatoms. The highest BCUT2D eigenvalue weighted by atomic mass is 32.1. The van der Waals surface area contributed by atoms with Crippen molar-refractivity contribution in [1.82, 2.24) is 14.7 Å². The van der Waals surface area contributed by atoms with Crippen molar-refractivity contribution < 1.29 is 4.79 Å². The second-order valence-electron chi connectivity index (χ2n) is 6.35. The second-order valence-corrected chi connectivity index (χ2v) is 7.30. The van der Waals surface area contributed by atoms with Gasteiger partial charge in [-0.2, -0.15) is 5.10 Å². The summed E-state index contributed by atoms with van der Waals surface area (Å²) in [4.78, 5) is 15.3. The Morgan fingerprint density at radius 2 is 2.04 bits per heavy atom. The molecule has 3 aromatic rings. The third-order valence-corrected chi connectivity index (χ3v) is 5.14. The van der Waals surface area contributed by atoms with Gasteiger partial charge >= 0.3 is 0 Å². The highest BCUT2D eigenvalue weighted by molar-refractivity contribution is 7.13. The lowest BCUT2D eigenvalue weighted by molar-refractivity contribution is -0.131. The molecule has 1 amide bonds. The first kappa shape index (κ1) is 18.4. The van der Waals surface area contributed by atoms with Gasteiger partial charge in [-0.15, -0.1) is 11.3 Å². The van der Waals surface area contributed by atoms with Gasteiger partial charge in [-0.25, -0.2) is 4.68 Å². The van der Waals surface area contributed by atoms with E-state index in [4.69, 9.17) is 10.8 Å². The van der Waals surface area contributed by atoms with E-state index in [9.17, 15) is 4.79 Å².